The van der Waals surface area contributed by atoms with E-state index in [2.05, 4.69) is 5.32 Å². The summed E-state index contributed by atoms with van der Waals surface area (Å²) < 4.78 is 26.4. The Labute approximate surface area is 101 Å². The Morgan fingerprint density at radius 1 is 1.29 bits per heavy atom. The van der Waals surface area contributed by atoms with Gasteiger partial charge in [0.05, 0.1) is 6.10 Å². The second kappa shape index (κ2) is 6.67. The van der Waals surface area contributed by atoms with Gasteiger partial charge in [-0.3, -0.25) is 0 Å². The largest absolute Gasteiger partial charge is 0.393 e. The van der Waals surface area contributed by atoms with E-state index in [1.54, 1.807) is 19.9 Å². The summed E-state index contributed by atoms with van der Waals surface area (Å²) in [5, 5.41) is 12.2. The van der Waals surface area contributed by atoms with Gasteiger partial charge in [0.2, 0.25) is 0 Å². The van der Waals surface area contributed by atoms with E-state index in [0.29, 0.717) is 18.5 Å². The number of aliphatic hydroxyl groups excluding tert-OH is 1. The SMILES string of the molecule is CC(O)CCCNC(C)c1cccc(F)c1F. The highest BCUT2D eigenvalue weighted by Gasteiger charge is 2.13. The molecule has 0 radical (unpaired) electrons. The molecule has 96 valence electrons. The summed E-state index contributed by atoms with van der Waals surface area (Å²) in [6, 6.07) is 3.95. The summed E-state index contributed by atoms with van der Waals surface area (Å²) in [5.74, 6) is -1.61. The number of halogens is 2. The van der Waals surface area contributed by atoms with Crippen LogP contribution in [0.3, 0.4) is 0 Å². The van der Waals surface area contributed by atoms with Crippen molar-refractivity contribution in [2.24, 2.45) is 0 Å². The average Bonchev–Trinajstić information content (AvgIpc) is 2.27. The molecule has 0 bridgehead atoms. The minimum absolute atomic E-state index is 0.236. The Morgan fingerprint density at radius 3 is 2.65 bits per heavy atom. The minimum Gasteiger partial charge on any atom is -0.393 e. The van der Waals surface area contributed by atoms with E-state index in [0.717, 1.165) is 12.5 Å². The normalized spacial score (nSPS) is 14.6. The van der Waals surface area contributed by atoms with Crippen LogP contribution in [0.2, 0.25) is 0 Å². The van der Waals surface area contributed by atoms with Crippen molar-refractivity contribution in [2.75, 3.05) is 6.54 Å². The Bertz CT molecular complexity index is 355. The van der Waals surface area contributed by atoms with Crippen LogP contribution in [-0.4, -0.2) is 17.8 Å². The Balaban J connectivity index is 2.47. The number of aliphatic hydroxyl groups is 1. The maximum absolute atomic E-state index is 13.4. The third-order valence-corrected chi connectivity index (χ3v) is 2.70. The first-order valence-electron chi connectivity index (χ1n) is 5.87. The molecule has 0 aliphatic carbocycles. The number of rotatable bonds is 6. The standard InChI is InChI=1S/C13H19F2NO/c1-9(17)5-4-8-16-10(2)11-6-3-7-12(14)13(11)15/h3,6-7,9-10,16-17H,4-5,8H2,1-2H3. The van der Waals surface area contributed by atoms with Crippen LogP contribution >= 0.6 is 0 Å². The van der Waals surface area contributed by atoms with Crippen molar-refractivity contribution in [2.45, 2.75) is 38.8 Å². The molecule has 0 fully saturated rings. The van der Waals surface area contributed by atoms with Crippen LogP contribution in [0, 0.1) is 11.6 Å². The van der Waals surface area contributed by atoms with Crippen LogP contribution < -0.4 is 5.32 Å². The monoisotopic (exact) mass is 243 g/mol. The van der Waals surface area contributed by atoms with Gasteiger partial charge in [-0.2, -0.15) is 0 Å². The summed E-state index contributed by atoms with van der Waals surface area (Å²) in [5.41, 5.74) is 0.335. The summed E-state index contributed by atoms with van der Waals surface area (Å²) in [7, 11) is 0. The molecule has 0 spiro atoms. The van der Waals surface area contributed by atoms with E-state index in [9.17, 15) is 8.78 Å². The van der Waals surface area contributed by atoms with Gasteiger partial charge in [-0.05, 0) is 39.3 Å². The number of hydrogen-bond donors (Lipinski definition) is 2. The molecule has 0 aliphatic rings. The lowest BCUT2D eigenvalue weighted by atomic mass is 10.1. The van der Waals surface area contributed by atoms with Crippen LogP contribution in [0.5, 0.6) is 0 Å². The number of nitrogens with one attached hydrogen (secondary N) is 1. The van der Waals surface area contributed by atoms with Gasteiger partial charge in [0.15, 0.2) is 11.6 Å². The van der Waals surface area contributed by atoms with Crippen molar-refractivity contribution >= 4 is 0 Å². The molecular formula is C13H19F2NO. The Kier molecular flexibility index (Phi) is 5.51. The molecule has 2 atom stereocenters. The van der Waals surface area contributed by atoms with Gasteiger partial charge >= 0.3 is 0 Å². The molecule has 0 amide bonds. The maximum atomic E-state index is 13.4. The fraction of sp³-hybridized carbons (Fsp3) is 0.538. The molecule has 2 nitrogen and oxygen atoms in total. The van der Waals surface area contributed by atoms with Gasteiger partial charge in [0.1, 0.15) is 0 Å². The first kappa shape index (κ1) is 14.1. The molecule has 17 heavy (non-hydrogen) atoms. The quantitative estimate of drug-likeness (QED) is 0.753. The lowest BCUT2D eigenvalue weighted by Gasteiger charge is -2.15. The fourth-order valence-electron chi connectivity index (χ4n) is 1.68. The van der Waals surface area contributed by atoms with E-state index in [-0.39, 0.29) is 12.1 Å². The smallest absolute Gasteiger partial charge is 0.163 e. The minimum atomic E-state index is -0.819. The van der Waals surface area contributed by atoms with Crippen molar-refractivity contribution in [1.82, 2.24) is 5.32 Å². The van der Waals surface area contributed by atoms with Crippen molar-refractivity contribution in [3.8, 4) is 0 Å². The maximum Gasteiger partial charge on any atom is 0.163 e. The third-order valence-electron chi connectivity index (χ3n) is 2.70. The van der Waals surface area contributed by atoms with E-state index in [1.807, 2.05) is 0 Å². The highest BCUT2D eigenvalue weighted by molar-refractivity contribution is 5.21. The molecule has 1 aromatic carbocycles. The van der Waals surface area contributed by atoms with Gasteiger partial charge in [-0.15, -0.1) is 0 Å². The molecule has 0 heterocycles. The number of hydrogen-bond acceptors (Lipinski definition) is 2. The second-order valence-electron chi connectivity index (χ2n) is 4.31. The summed E-state index contributed by atoms with van der Waals surface area (Å²) >= 11 is 0. The van der Waals surface area contributed by atoms with E-state index in [1.165, 1.54) is 6.07 Å². The van der Waals surface area contributed by atoms with Crippen LogP contribution in [-0.2, 0) is 0 Å². The topological polar surface area (TPSA) is 32.3 Å². The van der Waals surface area contributed by atoms with Crippen molar-refractivity contribution < 1.29 is 13.9 Å². The van der Waals surface area contributed by atoms with Crippen LogP contribution in [0.15, 0.2) is 18.2 Å². The molecule has 0 saturated carbocycles. The molecule has 1 rings (SSSR count). The molecule has 0 saturated heterocycles. The lowest BCUT2D eigenvalue weighted by molar-refractivity contribution is 0.181. The first-order valence-corrected chi connectivity index (χ1v) is 5.87. The molecule has 4 heteroatoms. The van der Waals surface area contributed by atoms with Crippen molar-refractivity contribution in [1.29, 1.82) is 0 Å². The number of benzene rings is 1. The molecule has 1 aromatic rings. The molecule has 0 aromatic heterocycles. The predicted molar refractivity (Wildman–Crippen MR) is 63.7 cm³/mol. The van der Waals surface area contributed by atoms with E-state index < -0.39 is 11.6 Å². The first-order chi connectivity index (χ1) is 8.02. The third kappa shape index (κ3) is 4.40. The second-order valence-corrected chi connectivity index (χ2v) is 4.31. The van der Waals surface area contributed by atoms with Crippen LogP contribution in [0.1, 0.15) is 38.3 Å². The highest BCUT2D eigenvalue weighted by atomic mass is 19.2. The fourth-order valence-corrected chi connectivity index (χ4v) is 1.68. The van der Waals surface area contributed by atoms with Crippen molar-refractivity contribution in [3.63, 3.8) is 0 Å². The zero-order valence-corrected chi connectivity index (χ0v) is 10.2. The lowest BCUT2D eigenvalue weighted by Crippen LogP contribution is -2.22. The average molecular weight is 243 g/mol. The van der Waals surface area contributed by atoms with Gasteiger partial charge < -0.3 is 10.4 Å². The summed E-state index contributed by atoms with van der Waals surface area (Å²) in [6.45, 7) is 4.19. The highest BCUT2D eigenvalue weighted by Crippen LogP contribution is 2.18. The zero-order chi connectivity index (χ0) is 12.8. The van der Waals surface area contributed by atoms with Crippen molar-refractivity contribution in [3.05, 3.63) is 35.4 Å². The van der Waals surface area contributed by atoms with Gasteiger partial charge in [-0.1, -0.05) is 12.1 Å². The van der Waals surface area contributed by atoms with Gasteiger partial charge in [0.25, 0.3) is 0 Å². The van der Waals surface area contributed by atoms with Crippen LogP contribution in [0.25, 0.3) is 0 Å². The molecule has 2 unspecified atom stereocenters. The molecule has 0 aliphatic heterocycles. The molecular weight excluding hydrogens is 224 g/mol. The van der Waals surface area contributed by atoms with Crippen LogP contribution in [0.4, 0.5) is 8.78 Å². The van der Waals surface area contributed by atoms with Gasteiger partial charge in [-0.25, -0.2) is 8.78 Å². The predicted octanol–water partition coefficient (Wildman–Crippen LogP) is 2.78. The zero-order valence-electron chi connectivity index (χ0n) is 10.2. The van der Waals surface area contributed by atoms with E-state index >= 15 is 0 Å². The Hall–Kier alpha value is -1.00. The van der Waals surface area contributed by atoms with E-state index in [4.69, 9.17) is 5.11 Å². The summed E-state index contributed by atoms with van der Waals surface area (Å²) in [6.07, 6.45) is 1.18. The summed E-state index contributed by atoms with van der Waals surface area (Å²) in [4.78, 5) is 0. The Morgan fingerprint density at radius 2 is 2.00 bits per heavy atom. The van der Waals surface area contributed by atoms with Gasteiger partial charge in [0, 0.05) is 11.6 Å². The molecule has 2 N–H and O–H groups in total.